The van der Waals surface area contributed by atoms with Crippen LogP contribution in [0.4, 0.5) is 0 Å². The molecule has 3 aromatic heterocycles. The molecule has 3 aromatic rings. The van der Waals surface area contributed by atoms with Crippen molar-refractivity contribution in [3.8, 4) is 11.5 Å². The monoisotopic (exact) mass is 216 g/mol. The highest BCUT2D eigenvalue weighted by Gasteiger charge is 2.08. The number of fused-ring (bicyclic) bond motifs is 1. The maximum Gasteiger partial charge on any atom is 0.262 e. The van der Waals surface area contributed by atoms with Crippen LogP contribution in [-0.4, -0.2) is 29.9 Å². The maximum absolute atomic E-state index is 11.7. The standard InChI is InChI=1S/C9H8N6O/c1-15-3-2-6(14-15)8-11-7-5(4-10-13-7)9(16)12-8/h2-4H,1H3,(H2,10,11,12,13,16). The van der Waals surface area contributed by atoms with Crippen molar-refractivity contribution in [2.45, 2.75) is 0 Å². The van der Waals surface area contributed by atoms with Crippen LogP contribution in [0.5, 0.6) is 0 Å². The van der Waals surface area contributed by atoms with E-state index >= 15 is 0 Å². The summed E-state index contributed by atoms with van der Waals surface area (Å²) >= 11 is 0. The van der Waals surface area contributed by atoms with Crippen molar-refractivity contribution >= 4 is 11.0 Å². The van der Waals surface area contributed by atoms with Crippen molar-refractivity contribution in [2.24, 2.45) is 7.05 Å². The Hall–Kier alpha value is -2.44. The summed E-state index contributed by atoms with van der Waals surface area (Å²) in [5, 5.41) is 11.0. The zero-order chi connectivity index (χ0) is 11.1. The molecular weight excluding hydrogens is 208 g/mol. The van der Waals surface area contributed by atoms with Crippen LogP contribution >= 0.6 is 0 Å². The number of rotatable bonds is 1. The van der Waals surface area contributed by atoms with E-state index in [1.54, 1.807) is 24.0 Å². The van der Waals surface area contributed by atoms with Crippen molar-refractivity contribution in [1.29, 1.82) is 0 Å². The van der Waals surface area contributed by atoms with Gasteiger partial charge in [0, 0.05) is 13.2 Å². The smallest absolute Gasteiger partial charge is 0.262 e. The average Bonchev–Trinajstić information content (AvgIpc) is 2.85. The summed E-state index contributed by atoms with van der Waals surface area (Å²) in [7, 11) is 1.80. The van der Waals surface area contributed by atoms with Crippen LogP contribution in [0.2, 0.25) is 0 Å². The van der Waals surface area contributed by atoms with Gasteiger partial charge in [-0.1, -0.05) is 0 Å². The first-order chi connectivity index (χ1) is 7.74. The van der Waals surface area contributed by atoms with Gasteiger partial charge in [0.25, 0.3) is 5.56 Å². The molecule has 0 unspecified atom stereocenters. The van der Waals surface area contributed by atoms with E-state index in [9.17, 15) is 4.79 Å². The second-order valence-electron chi connectivity index (χ2n) is 3.42. The molecule has 0 aromatic carbocycles. The second kappa shape index (κ2) is 3.02. The molecule has 2 N–H and O–H groups in total. The van der Waals surface area contributed by atoms with Crippen molar-refractivity contribution in [1.82, 2.24) is 29.9 Å². The van der Waals surface area contributed by atoms with E-state index in [0.717, 1.165) is 0 Å². The Labute approximate surface area is 89.1 Å². The van der Waals surface area contributed by atoms with Gasteiger partial charge in [0.15, 0.2) is 11.5 Å². The summed E-state index contributed by atoms with van der Waals surface area (Å²) < 4.78 is 1.65. The maximum atomic E-state index is 11.7. The molecule has 16 heavy (non-hydrogen) atoms. The Morgan fingerprint density at radius 2 is 2.31 bits per heavy atom. The zero-order valence-electron chi connectivity index (χ0n) is 8.43. The largest absolute Gasteiger partial charge is 0.304 e. The van der Waals surface area contributed by atoms with E-state index in [-0.39, 0.29) is 5.56 Å². The minimum atomic E-state index is -0.223. The van der Waals surface area contributed by atoms with Crippen LogP contribution in [0.25, 0.3) is 22.6 Å². The molecule has 0 saturated carbocycles. The third-order valence-corrected chi connectivity index (χ3v) is 2.28. The molecule has 0 aliphatic heterocycles. The number of hydrogen-bond donors (Lipinski definition) is 2. The Morgan fingerprint density at radius 1 is 1.44 bits per heavy atom. The van der Waals surface area contributed by atoms with Gasteiger partial charge in [0.2, 0.25) is 0 Å². The van der Waals surface area contributed by atoms with E-state index in [0.29, 0.717) is 22.6 Å². The van der Waals surface area contributed by atoms with E-state index in [2.05, 4.69) is 25.3 Å². The van der Waals surface area contributed by atoms with Crippen LogP contribution in [0.3, 0.4) is 0 Å². The molecule has 0 amide bonds. The summed E-state index contributed by atoms with van der Waals surface area (Å²) in [6, 6.07) is 1.78. The van der Waals surface area contributed by atoms with Gasteiger partial charge in [-0.2, -0.15) is 10.2 Å². The lowest BCUT2D eigenvalue weighted by Gasteiger charge is -1.95. The summed E-state index contributed by atoms with van der Waals surface area (Å²) in [6.07, 6.45) is 3.23. The lowest BCUT2D eigenvalue weighted by atomic mass is 10.3. The van der Waals surface area contributed by atoms with Gasteiger partial charge in [0.1, 0.15) is 11.1 Å². The lowest BCUT2D eigenvalue weighted by Crippen LogP contribution is -2.08. The predicted molar refractivity (Wildman–Crippen MR) is 56.7 cm³/mol. The first kappa shape index (κ1) is 8.84. The van der Waals surface area contributed by atoms with Gasteiger partial charge >= 0.3 is 0 Å². The lowest BCUT2D eigenvalue weighted by molar-refractivity contribution is 0.768. The number of hydrogen-bond acceptors (Lipinski definition) is 4. The van der Waals surface area contributed by atoms with Crippen LogP contribution in [0, 0.1) is 0 Å². The number of nitrogens with one attached hydrogen (secondary N) is 2. The molecule has 3 rings (SSSR count). The summed E-state index contributed by atoms with van der Waals surface area (Å²) in [4.78, 5) is 18.5. The van der Waals surface area contributed by atoms with Crippen LogP contribution in [0.15, 0.2) is 23.3 Å². The van der Waals surface area contributed by atoms with Crippen molar-refractivity contribution in [2.75, 3.05) is 0 Å². The highest BCUT2D eigenvalue weighted by molar-refractivity contribution is 5.74. The minimum Gasteiger partial charge on any atom is -0.304 e. The molecule has 0 fully saturated rings. The van der Waals surface area contributed by atoms with E-state index in [4.69, 9.17) is 0 Å². The molecule has 3 heterocycles. The van der Waals surface area contributed by atoms with Crippen LogP contribution in [0.1, 0.15) is 0 Å². The van der Waals surface area contributed by atoms with E-state index < -0.39 is 0 Å². The summed E-state index contributed by atoms with van der Waals surface area (Å²) in [5.41, 5.74) is 0.861. The molecule has 0 radical (unpaired) electrons. The number of aromatic nitrogens is 6. The summed E-state index contributed by atoms with van der Waals surface area (Å²) in [5.74, 6) is 0.433. The second-order valence-corrected chi connectivity index (χ2v) is 3.42. The Morgan fingerprint density at radius 3 is 3.06 bits per heavy atom. The number of aromatic amines is 2. The molecule has 0 spiro atoms. The Balaban J connectivity index is 2.28. The fourth-order valence-electron chi connectivity index (χ4n) is 1.51. The molecule has 0 bridgehead atoms. The van der Waals surface area contributed by atoms with Crippen molar-refractivity contribution in [3.05, 3.63) is 28.8 Å². The molecule has 7 heteroatoms. The van der Waals surface area contributed by atoms with Crippen LogP contribution < -0.4 is 5.56 Å². The molecule has 7 nitrogen and oxygen atoms in total. The molecular formula is C9H8N6O. The SMILES string of the molecule is Cn1ccc(-c2nc3[nH]ncc3c(=O)[nH]2)n1. The molecule has 80 valence electrons. The van der Waals surface area contributed by atoms with E-state index in [1.807, 2.05) is 0 Å². The van der Waals surface area contributed by atoms with Gasteiger partial charge < -0.3 is 4.98 Å². The quantitative estimate of drug-likeness (QED) is 0.601. The zero-order valence-corrected chi connectivity index (χ0v) is 8.43. The predicted octanol–water partition coefficient (Wildman–Crippen LogP) is 0.0467. The highest BCUT2D eigenvalue weighted by atomic mass is 16.1. The Kier molecular flexibility index (Phi) is 1.67. The van der Waals surface area contributed by atoms with Gasteiger partial charge in [0.05, 0.1) is 6.20 Å². The molecule has 0 saturated heterocycles. The Bertz CT molecular complexity index is 706. The number of H-pyrrole nitrogens is 2. The van der Waals surface area contributed by atoms with Gasteiger partial charge in [-0.3, -0.25) is 14.6 Å². The van der Waals surface area contributed by atoms with Gasteiger partial charge in [-0.25, -0.2) is 4.98 Å². The van der Waals surface area contributed by atoms with Crippen LogP contribution in [-0.2, 0) is 7.05 Å². The molecule has 0 aliphatic carbocycles. The first-order valence-electron chi connectivity index (χ1n) is 4.67. The van der Waals surface area contributed by atoms with Crippen molar-refractivity contribution in [3.63, 3.8) is 0 Å². The normalized spacial score (nSPS) is 11.1. The van der Waals surface area contributed by atoms with E-state index in [1.165, 1.54) is 6.20 Å². The third-order valence-electron chi connectivity index (χ3n) is 2.28. The fraction of sp³-hybridized carbons (Fsp3) is 0.111. The van der Waals surface area contributed by atoms with Gasteiger partial charge in [-0.05, 0) is 6.07 Å². The summed E-state index contributed by atoms with van der Waals surface area (Å²) in [6.45, 7) is 0. The number of nitrogens with zero attached hydrogens (tertiary/aromatic N) is 4. The molecule has 0 atom stereocenters. The number of aryl methyl sites for hydroxylation is 1. The third kappa shape index (κ3) is 1.22. The van der Waals surface area contributed by atoms with Gasteiger partial charge in [-0.15, -0.1) is 0 Å². The topological polar surface area (TPSA) is 92.2 Å². The fourth-order valence-corrected chi connectivity index (χ4v) is 1.51. The minimum absolute atomic E-state index is 0.223. The van der Waals surface area contributed by atoms with Crippen molar-refractivity contribution < 1.29 is 0 Å². The first-order valence-corrected chi connectivity index (χ1v) is 4.67. The molecule has 0 aliphatic rings. The average molecular weight is 216 g/mol. The highest BCUT2D eigenvalue weighted by Crippen LogP contribution is 2.11.